The highest BCUT2D eigenvalue weighted by atomic mass is 32.2. The van der Waals surface area contributed by atoms with Crippen molar-refractivity contribution < 1.29 is 9.53 Å². The number of carbonyl (C=O) groups is 1. The summed E-state index contributed by atoms with van der Waals surface area (Å²) in [6.07, 6.45) is 3.87. The second-order valence-electron chi connectivity index (χ2n) is 5.87. The Balaban J connectivity index is 2.50. The number of carbonyl (C=O) groups excluding carboxylic acids is 1. The molecule has 1 aliphatic carbocycles. The molecule has 0 heterocycles. The fraction of sp³-hybridized carbons (Fsp3) is 0.923. The molecule has 0 spiro atoms. The Morgan fingerprint density at radius 3 is 2.71 bits per heavy atom. The smallest absolute Gasteiger partial charge is 0.326 e. The molecule has 4 heteroatoms. The van der Waals surface area contributed by atoms with Crippen LogP contribution in [0.3, 0.4) is 0 Å². The highest BCUT2D eigenvalue weighted by molar-refractivity contribution is 8.00. The Labute approximate surface area is 109 Å². The van der Waals surface area contributed by atoms with Crippen molar-refractivity contribution >= 4 is 17.7 Å². The zero-order valence-electron chi connectivity index (χ0n) is 11.4. The number of hydrogen-bond donors (Lipinski definition) is 1. The summed E-state index contributed by atoms with van der Waals surface area (Å²) in [5, 5.41) is 0. The Morgan fingerprint density at radius 2 is 2.18 bits per heavy atom. The van der Waals surface area contributed by atoms with Crippen molar-refractivity contribution in [2.45, 2.75) is 56.7 Å². The van der Waals surface area contributed by atoms with E-state index >= 15 is 0 Å². The summed E-state index contributed by atoms with van der Waals surface area (Å²) in [7, 11) is 1.43. The summed E-state index contributed by atoms with van der Waals surface area (Å²) >= 11 is 1.93. The van der Waals surface area contributed by atoms with Crippen molar-refractivity contribution in [3.8, 4) is 0 Å². The van der Waals surface area contributed by atoms with Crippen molar-refractivity contribution in [3.63, 3.8) is 0 Å². The van der Waals surface area contributed by atoms with Gasteiger partial charge < -0.3 is 10.5 Å². The van der Waals surface area contributed by atoms with Crippen LogP contribution >= 0.6 is 11.8 Å². The molecule has 2 unspecified atom stereocenters. The lowest BCUT2D eigenvalue weighted by Crippen LogP contribution is -2.51. The summed E-state index contributed by atoms with van der Waals surface area (Å²) in [4.78, 5) is 11.8. The number of thioether (sulfide) groups is 1. The van der Waals surface area contributed by atoms with Gasteiger partial charge in [-0.1, -0.05) is 27.2 Å². The van der Waals surface area contributed by atoms with E-state index in [1.807, 2.05) is 11.8 Å². The Kier molecular flexibility index (Phi) is 4.90. The van der Waals surface area contributed by atoms with Crippen LogP contribution in [0.1, 0.15) is 46.5 Å². The fourth-order valence-corrected chi connectivity index (χ4v) is 3.49. The van der Waals surface area contributed by atoms with Crippen LogP contribution in [0, 0.1) is 5.92 Å². The molecule has 1 fully saturated rings. The second-order valence-corrected chi connectivity index (χ2v) is 7.79. The van der Waals surface area contributed by atoms with Crippen LogP contribution in [0.5, 0.6) is 0 Å². The highest BCUT2D eigenvalue weighted by Crippen LogP contribution is 2.38. The van der Waals surface area contributed by atoms with Gasteiger partial charge in [-0.05, 0) is 30.9 Å². The quantitative estimate of drug-likeness (QED) is 0.788. The molecule has 3 nitrogen and oxygen atoms in total. The third-order valence-electron chi connectivity index (χ3n) is 3.44. The van der Waals surface area contributed by atoms with Gasteiger partial charge in [0.1, 0.15) is 5.54 Å². The molecule has 0 aromatic heterocycles. The maximum atomic E-state index is 11.8. The van der Waals surface area contributed by atoms with Gasteiger partial charge in [0.25, 0.3) is 0 Å². The Morgan fingerprint density at radius 1 is 1.53 bits per heavy atom. The molecule has 100 valence electrons. The zero-order valence-corrected chi connectivity index (χ0v) is 12.2. The average molecular weight is 259 g/mol. The second kappa shape index (κ2) is 5.61. The number of methoxy groups -OCH3 is 1. The van der Waals surface area contributed by atoms with Crippen molar-refractivity contribution in [1.82, 2.24) is 0 Å². The van der Waals surface area contributed by atoms with E-state index in [2.05, 4.69) is 20.8 Å². The van der Waals surface area contributed by atoms with E-state index in [0.29, 0.717) is 0 Å². The van der Waals surface area contributed by atoms with E-state index in [-0.39, 0.29) is 16.6 Å². The molecule has 0 radical (unpaired) electrons. The summed E-state index contributed by atoms with van der Waals surface area (Å²) < 4.78 is 5.12. The molecule has 1 rings (SSSR count). The van der Waals surface area contributed by atoms with E-state index in [1.165, 1.54) is 7.11 Å². The first kappa shape index (κ1) is 14.8. The van der Waals surface area contributed by atoms with Gasteiger partial charge in [-0.2, -0.15) is 11.8 Å². The number of ether oxygens (including phenoxy) is 1. The molecule has 1 aliphatic rings. The predicted molar refractivity (Wildman–Crippen MR) is 73.1 cm³/mol. The summed E-state index contributed by atoms with van der Waals surface area (Å²) in [6, 6.07) is 0. The summed E-state index contributed by atoms with van der Waals surface area (Å²) in [5.74, 6) is 1.11. The lowest BCUT2D eigenvalue weighted by atomic mass is 9.86. The molecule has 0 bridgehead atoms. The standard InChI is InChI=1S/C13H25NO2S/c1-12(2,3)17-9-7-10-6-5-8-13(10,14)11(15)16-4/h10H,5-9,14H2,1-4H3. The lowest BCUT2D eigenvalue weighted by Gasteiger charge is -2.29. The first-order chi connectivity index (χ1) is 7.79. The molecule has 0 aromatic carbocycles. The summed E-state index contributed by atoms with van der Waals surface area (Å²) in [5.41, 5.74) is 5.49. The summed E-state index contributed by atoms with van der Waals surface area (Å²) in [6.45, 7) is 6.63. The van der Waals surface area contributed by atoms with E-state index in [9.17, 15) is 4.79 Å². The van der Waals surface area contributed by atoms with Crippen LogP contribution in [0.25, 0.3) is 0 Å². The number of nitrogens with two attached hydrogens (primary N) is 1. The molecule has 0 saturated heterocycles. The molecule has 2 N–H and O–H groups in total. The molecule has 1 saturated carbocycles. The Hall–Kier alpha value is -0.220. The van der Waals surface area contributed by atoms with Gasteiger partial charge in [-0.25, -0.2) is 0 Å². The lowest BCUT2D eigenvalue weighted by molar-refractivity contribution is -0.148. The van der Waals surface area contributed by atoms with Crippen molar-refractivity contribution in [2.75, 3.05) is 12.9 Å². The van der Waals surface area contributed by atoms with Gasteiger partial charge in [0.2, 0.25) is 0 Å². The largest absolute Gasteiger partial charge is 0.468 e. The van der Waals surface area contributed by atoms with Crippen molar-refractivity contribution in [2.24, 2.45) is 11.7 Å². The van der Waals surface area contributed by atoms with Gasteiger partial charge in [0, 0.05) is 4.75 Å². The molecule has 2 atom stereocenters. The molecular formula is C13H25NO2S. The van der Waals surface area contributed by atoms with Crippen LogP contribution in [0.4, 0.5) is 0 Å². The number of esters is 1. The predicted octanol–water partition coefficient (Wildman–Crippen LogP) is 2.58. The minimum atomic E-state index is -0.729. The fourth-order valence-electron chi connectivity index (χ4n) is 2.47. The first-order valence-corrected chi connectivity index (χ1v) is 7.29. The van der Waals surface area contributed by atoms with Crippen molar-refractivity contribution in [3.05, 3.63) is 0 Å². The van der Waals surface area contributed by atoms with E-state index in [4.69, 9.17) is 10.5 Å². The van der Waals surface area contributed by atoms with Crippen LogP contribution in [-0.4, -0.2) is 29.1 Å². The third kappa shape index (κ3) is 3.88. The third-order valence-corrected chi connectivity index (χ3v) is 4.74. The number of rotatable bonds is 4. The van der Waals surface area contributed by atoms with E-state index in [0.717, 1.165) is 31.4 Å². The zero-order chi connectivity index (χ0) is 13.1. The van der Waals surface area contributed by atoms with Gasteiger partial charge in [0.15, 0.2) is 0 Å². The van der Waals surface area contributed by atoms with Gasteiger partial charge in [-0.3, -0.25) is 4.79 Å². The van der Waals surface area contributed by atoms with Crippen LogP contribution < -0.4 is 5.73 Å². The minimum Gasteiger partial charge on any atom is -0.468 e. The molecule has 17 heavy (non-hydrogen) atoms. The average Bonchev–Trinajstić information content (AvgIpc) is 2.59. The van der Waals surface area contributed by atoms with Crippen LogP contribution in [0.2, 0.25) is 0 Å². The van der Waals surface area contributed by atoms with Gasteiger partial charge in [-0.15, -0.1) is 0 Å². The molecule has 0 aliphatic heterocycles. The molecule has 0 aromatic rings. The molecular weight excluding hydrogens is 234 g/mol. The highest BCUT2D eigenvalue weighted by Gasteiger charge is 2.46. The van der Waals surface area contributed by atoms with Gasteiger partial charge in [0.05, 0.1) is 7.11 Å². The minimum absolute atomic E-state index is 0.235. The van der Waals surface area contributed by atoms with Crippen LogP contribution in [-0.2, 0) is 9.53 Å². The monoisotopic (exact) mass is 259 g/mol. The molecule has 0 amide bonds. The van der Waals surface area contributed by atoms with Gasteiger partial charge >= 0.3 is 5.97 Å². The number of hydrogen-bond acceptors (Lipinski definition) is 4. The van der Waals surface area contributed by atoms with Crippen LogP contribution in [0.15, 0.2) is 0 Å². The normalized spacial score (nSPS) is 29.4. The van der Waals surface area contributed by atoms with Crippen molar-refractivity contribution in [1.29, 1.82) is 0 Å². The SMILES string of the molecule is COC(=O)C1(N)CCCC1CCSC(C)(C)C. The maximum Gasteiger partial charge on any atom is 0.326 e. The first-order valence-electron chi connectivity index (χ1n) is 6.31. The topological polar surface area (TPSA) is 52.3 Å². The Bertz CT molecular complexity index is 275. The van der Waals surface area contributed by atoms with E-state index in [1.54, 1.807) is 0 Å². The maximum absolute atomic E-state index is 11.8. The van der Waals surface area contributed by atoms with E-state index < -0.39 is 5.54 Å².